The molecule has 0 aromatic heterocycles. The predicted molar refractivity (Wildman–Crippen MR) is 87.7 cm³/mol. The highest BCUT2D eigenvalue weighted by molar-refractivity contribution is 5.58. The van der Waals surface area contributed by atoms with Gasteiger partial charge in [-0.3, -0.25) is 4.89 Å². The lowest BCUT2D eigenvalue weighted by atomic mass is 9.94. The van der Waals surface area contributed by atoms with E-state index in [4.69, 9.17) is 24.3 Å². The number of carbonyl (C=O) groups is 1. The van der Waals surface area contributed by atoms with Crippen LogP contribution >= 0.6 is 0 Å². The van der Waals surface area contributed by atoms with E-state index in [1.54, 1.807) is 0 Å². The summed E-state index contributed by atoms with van der Waals surface area (Å²) in [4.78, 5) is 32.1. The molecule has 0 aromatic rings. The van der Waals surface area contributed by atoms with E-state index in [0.29, 0.717) is 19.4 Å². The summed E-state index contributed by atoms with van der Waals surface area (Å²) in [5, 5.41) is 0. The van der Waals surface area contributed by atoms with Gasteiger partial charge in [0.25, 0.3) is 0 Å². The van der Waals surface area contributed by atoms with Crippen molar-refractivity contribution in [3.63, 3.8) is 0 Å². The lowest BCUT2D eigenvalue weighted by Gasteiger charge is -2.31. The van der Waals surface area contributed by atoms with Crippen LogP contribution in [0.5, 0.6) is 0 Å². The quantitative estimate of drug-likeness (QED) is 0.244. The number of hydrogen-bond acceptors (Lipinski definition) is 6. The van der Waals surface area contributed by atoms with E-state index >= 15 is 0 Å². The molecule has 0 aliphatic rings. The largest absolute Gasteiger partial charge is 0.540 e. The van der Waals surface area contributed by atoms with Crippen LogP contribution in [0.1, 0.15) is 81.1 Å². The zero-order chi connectivity index (χ0) is 18.1. The maximum absolute atomic E-state index is 11.4. The Morgan fingerprint density at radius 2 is 1.35 bits per heavy atom. The van der Waals surface area contributed by atoms with E-state index in [2.05, 4.69) is 0 Å². The maximum atomic E-state index is 11.4. The van der Waals surface area contributed by atoms with Crippen LogP contribution in [0.25, 0.3) is 0 Å². The number of unbranched alkanes of at least 4 members (excludes halogenated alkanes) is 1. The van der Waals surface area contributed by atoms with Gasteiger partial charge in [0, 0.05) is 0 Å². The van der Waals surface area contributed by atoms with Crippen LogP contribution in [0.2, 0.25) is 0 Å². The lowest BCUT2D eigenvalue weighted by molar-refractivity contribution is -0.400. The minimum absolute atomic E-state index is 0.337. The van der Waals surface area contributed by atoms with E-state index in [9.17, 15) is 4.79 Å². The molecule has 138 valence electrons. The van der Waals surface area contributed by atoms with Gasteiger partial charge in [0.2, 0.25) is 0 Å². The second-order valence-electron chi connectivity index (χ2n) is 7.92. The first kappa shape index (κ1) is 22.1. The molecule has 6 nitrogen and oxygen atoms in total. The van der Waals surface area contributed by atoms with Gasteiger partial charge in [0.1, 0.15) is 5.60 Å². The Labute approximate surface area is 140 Å². The van der Waals surface area contributed by atoms with Gasteiger partial charge in [-0.15, -0.1) is 0 Å². The molecule has 0 bridgehead atoms. The van der Waals surface area contributed by atoms with Crippen molar-refractivity contribution in [1.82, 2.24) is 0 Å². The van der Waals surface area contributed by atoms with Crippen LogP contribution in [-0.4, -0.2) is 29.6 Å². The molecule has 0 aromatic carbocycles. The Bertz CT molecular complexity index is 343. The average molecular weight is 334 g/mol. The molecular formula is C17H34O6. The van der Waals surface area contributed by atoms with Crippen LogP contribution in [0.4, 0.5) is 4.79 Å². The van der Waals surface area contributed by atoms with Gasteiger partial charge in [-0.2, -0.15) is 4.89 Å². The first-order chi connectivity index (χ1) is 10.4. The molecule has 0 N–H and O–H groups in total. The summed E-state index contributed by atoms with van der Waals surface area (Å²) < 4.78 is 4.87. The summed E-state index contributed by atoms with van der Waals surface area (Å²) in [6.07, 6.45) is 2.24. The summed E-state index contributed by atoms with van der Waals surface area (Å²) in [7, 11) is 0. The van der Waals surface area contributed by atoms with Crippen molar-refractivity contribution in [1.29, 1.82) is 0 Å². The first-order valence-corrected chi connectivity index (χ1v) is 8.26. The third-order valence-electron chi connectivity index (χ3n) is 2.90. The monoisotopic (exact) mass is 334 g/mol. The molecule has 0 saturated carbocycles. The first-order valence-electron chi connectivity index (χ1n) is 8.26. The number of hydrogen-bond donors (Lipinski definition) is 0. The van der Waals surface area contributed by atoms with Crippen LogP contribution in [0.3, 0.4) is 0 Å². The van der Waals surface area contributed by atoms with Gasteiger partial charge in [0.05, 0.1) is 17.8 Å². The van der Waals surface area contributed by atoms with E-state index in [-0.39, 0.29) is 5.60 Å². The van der Waals surface area contributed by atoms with Crippen molar-refractivity contribution in [2.24, 2.45) is 0 Å². The van der Waals surface area contributed by atoms with Gasteiger partial charge in [-0.25, -0.2) is 14.6 Å². The summed E-state index contributed by atoms with van der Waals surface area (Å²) in [6.45, 7) is 15.7. The molecule has 0 fully saturated rings. The van der Waals surface area contributed by atoms with Gasteiger partial charge in [0.15, 0.2) is 0 Å². The fourth-order valence-electron chi connectivity index (χ4n) is 1.39. The number of carbonyl (C=O) groups excluding carboxylic acids is 1. The molecule has 0 atom stereocenters. The zero-order valence-electron chi connectivity index (χ0n) is 16.0. The van der Waals surface area contributed by atoms with Crippen molar-refractivity contribution < 1.29 is 29.1 Å². The Hall–Kier alpha value is -0.850. The topological polar surface area (TPSA) is 63.2 Å². The fraction of sp³-hybridized carbons (Fsp3) is 0.941. The highest BCUT2D eigenvalue weighted by Crippen LogP contribution is 2.26. The van der Waals surface area contributed by atoms with Crippen LogP contribution in [-0.2, 0) is 24.3 Å². The molecule has 23 heavy (non-hydrogen) atoms. The third-order valence-corrected chi connectivity index (χ3v) is 2.90. The van der Waals surface area contributed by atoms with Crippen molar-refractivity contribution in [2.45, 2.75) is 97.9 Å². The normalized spacial score (nSPS) is 13.0. The minimum atomic E-state index is -0.807. The third kappa shape index (κ3) is 13.3. The summed E-state index contributed by atoms with van der Waals surface area (Å²) in [5.41, 5.74) is -1.49. The number of ether oxygens (including phenoxy) is 1. The summed E-state index contributed by atoms with van der Waals surface area (Å²) in [6, 6.07) is 0. The highest BCUT2D eigenvalue weighted by atomic mass is 17.2. The van der Waals surface area contributed by atoms with Crippen molar-refractivity contribution in [3.05, 3.63) is 0 Å². The van der Waals surface area contributed by atoms with Crippen LogP contribution < -0.4 is 0 Å². The van der Waals surface area contributed by atoms with E-state index in [0.717, 1.165) is 12.8 Å². The molecule has 0 unspecified atom stereocenters. The predicted octanol–water partition coefficient (Wildman–Crippen LogP) is 4.96. The van der Waals surface area contributed by atoms with Crippen LogP contribution in [0, 0.1) is 0 Å². The molecule has 0 aliphatic carbocycles. The molecule has 0 rings (SSSR count). The fourth-order valence-corrected chi connectivity index (χ4v) is 1.39. The molecule has 0 spiro atoms. The smallest absolute Gasteiger partial charge is 0.432 e. The highest BCUT2D eigenvalue weighted by Gasteiger charge is 2.30. The van der Waals surface area contributed by atoms with E-state index in [1.165, 1.54) is 0 Å². The molecule has 0 saturated heterocycles. The molecule has 0 heterocycles. The van der Waals surface area contributed by atoms with Crippen molar-refractivity contribution in [2.75, 3.05) is 6.61 Å². The minimum Gasteiger partial charge on any atom is -0.432 e. The van der Waals surface area contributed by atoms with E-state index in [1.807, 2.05) is 55.4 Å². The Balaban J connectivity index is 4.13. The SMILES string of the molecule is CCCCOC(=O)OOC(C)(C)CCC(C)(C)OOC(C)(C)C. The van der Waals surface area contributed by atoms with Crippen LogP contribution in [0.15, 0.2) is 0 Å². The molecular weight excluding hydrogens is 300 g/mol. The summed E-state index contributed by atoms with van der Waals surface area (Å²) >= 11 is 0. The molecule has 0 amide bonds. The maximum Gasteiger partial charge on any atom is 0.540 e. The van der Waals surface area contributed by atoms with Gasteiger partial charge >= 0.3 is 6.16 Å². The Kier molecular flexibility index (Phi) is 9.10. The second kappa shape index (κ2) is 9.45. The summed E-state index contributed by atoms with van der Waals surface area (Å²) in [5.74, 6) is 0. The van der Waals surface area contributed by atoms with Gasteiger partial charge in [-0.1, -0.05) is 13.3 Å². The standard InChI is InChI=1S/C17H34O6/c1-9-10-13-19-14(18)20-22-16(5,6)11-12-17(7,8)23-21-15(2,3)4/h9-13H2,1-8H3. The van der Waals surface area contributed by atoms with Gasteiger partial charge in [-0.05, 0) is 67.7 Å². The van der Waals surface area contributed by atoms with Crippen molar-refractivity contribution >= 4 is 6.16 Å². The Morgan fingerprint density at radius 3 is 1.83 bits per heavy atom. The van der Waals surface area contributed by atoms with Gasteiger partial charge < -0.3 is 4.74 Å². The Morgan fingerprint density at radius 1 is 0.826 bits per heavy atom. The van der Waals surface area contributed by atoms with Crippen molar-refractivity contribution in [3.8, 4) is 0 Å². The number of rotatable bonds is 10. The molecule has 0 aliphatic heterocycles. The second-order valence-corrected chi connectivity index (χ2v) is 7.92. The molecule has 6 heteroatoms. The van der Waals surface area contributed by atoms with E-state index < -0.39 is 17.4 Å². The molecule has 0 radical (unpaired) electrons. The average Bonchev–Trinajstić information content (AvgIpc) is 2.41. The lowest BCUT2D eigenvalue weighted by Crippen LogP contribution is -2.34. The zero-order valence-corrected chi connectivity index (χ0v) is 16.0.